The number of nitrogens with zero attached hydrogens (tertiary/aromatic N) is 1. The molecule has 1 aliphatic heterocycles. The highest BCUT2D eigenvalue weighted by Gasteiger charge is 2.35. The number of rotatable bonds is 2. The van der Waals surface area contributed by atoms with Gasteiger partial charge in [-0.15, -0.1) is 0 Å². The molecule has 1 rings (SSSR count). The molecule has 1 heterocycles. The van der Waals surface area contributed by atoms with Crippen molar-refractivity contribution in [3.63, 3.8) is 0 Å². The Morgan fingerprint density at radius 3 is 2.56 bits per heavy atom. The summed E-state index contributed by atoms with van der Waals surface area (Å²) in [6.07, 6.45) is -0.299. The fraction of sp³-hybridized carbons (Fsp3) is 0.923. The Morgan fingerprint density at radius 2 is 2.06 bits per heavy atom. The second-order valence-electron chi connectivity index (χ2n) is 6.14. The predicted octanol–water partition coefficient (Wildman–Crippen LogP) is 1.61. The molecule has 0 aromatic heterocycles. The van der Waals surface area contributed by atoms with Crippen molar-refractivity contribution in [2.75, 3.05) is 19.8 Å². The fourth-order valence-corrected chi connectivity index (χ4v) is 1.93. The van der Waals surface area contributed by atoms with E-state index < -0.39 is 5.60 Å². The molecule has 0 spiro atoms. The maximum atomic E-state index is 12.1. The molecule has 0 aromatic carbocycles. The van der Waals surface area contributed by atoms with Gasteiger partial charge in [-0.05, 0) is 26.7 Å². The van der Waals surface area contributed by atoms with E-state index in [1.807, 2.05) is 34.6 Å². The minimum Gasteiger partial charge on any atom is -0.444 e. The number of hydrogen-bond donors (Lipinski definition) is 1. The molecule has 1 amide bonds. The van der Waals surface area contributed by atoms with Crippen molar-refractivity contribution in [2.24, 2.45) is 11.7 Å². The summed E-state index contributed by atoms with van der Waals surface area (Å²) < 4.78 is 10.8. The first-order valence-corrected chi connectivity index (χ1v) is 6.55. The Kier molecular flexibility index (Phi) is 4.99. The van der Waals surface area contributed by atoms with Gasteiger partial charge in [0, 0.05) is 12.6 Å². The van der Waals surface area contributed by atoms with Crippen LogP contribution in [0.25, 0.3) is 0 Å². The molecule has 0 aromatic rings. The molecule has 0 bridgehead atoms. The standard InChI is InChI=1S/C13H26N2O3/c1-9(2)11(14)10-8-17-7-6-15(10)12(16)18-13(3,4)5/h9-11H,6-8,14H2,1-5H3. The van der Waals surface area contributed by atoms with Gasteiger partial charge in [-0.2, -0.15) is 0 Å². The number of carbonyl (C=O) groups is 1. The number of amides is 1. The smallest absolute Gasteiger partial charge is 0.410 e. The van der Waals surface area contributed by atoms with Gasteiger partial charge in [0.05, 0.1) is 19.3 Å². The maximum Gasteiger partial charge on any atom is 0.410 e. The second-order valence-corrected chi connectivity index (χ2v) is 6.14. The average molecular weight is 258 g/mol. The van der Waals surface area contributed by atoms with Gasteiger partial charge in [0.2, 0.25) is 0 Å². The van der Waals surface area contributed by atoms with Crippen molar-refractivity contribution in [3.05, 3.63) is 0 Å². The van der Waals surface area contributed by atoms with E-state index in [0.29, 0.717) is 25.7 Å². The van der Waals surface area contributed by atoms with Crippen LogP contribution in [0.2, 0.25) is 0 Å². The Balaban J connectivity index is 2.73. The summed E-state index contributed by atoms with van der Waals surface area (Å²) in [6.45, 7) is 11.3. The van der Waals surface area contributed by atoms with Crippen LogP contribution < -0.4 is 5.73 Å². The van der Waals surface area contributed by atoms with Crippen molar-refractivity contribution in [1.82, 2.24) is 4.90 Å². The van der Waals surface area contributed by atoms with Crippen LogP contribution in [0.15, 0.2) is 0 Å². The molecule has 18 heavy (non-hydrogen) atoms. The minimum absolute atomic E-state index is 0.0992. The highest BCUT2D eigenvalue weighted by atomic mass is 16.6. The number of hydrogen-bond acceptors (Lipinski definition) is 4. The summed E-state index contributed by atoms with van der Waals surface area (Å²) in [5, 5.41) is 0. The normalized spacial score (nSPS) is 23.1. The summed E-state index contributed by atoms with van der Waals surface area (Å²) in [4.78, 5) is 13.9. The SMILES string of the molecule is CC(C)C(N)C1COCCN1C(=O)OC(C)(C)C. The summed E-state index contributed by atoms with van der Waals surface area (Å²) in [6, 6.07) is -0.202. The Hall–Kier alpha value is -0.810. The largest absolute Gasteiger partial charge is 0.444 e. The quantitative estimate of drug-likeness (QED) is 0.817. The summed E-state index contributed by atoms with van der Waals surface area (Å²) in [7, 11) is 0. The maximum absolute atomic E-state index is 12.1. The van der Waals surface area contributed by atoms with Crippen LogP contribution in [-0.4, -0.2) is 48.4 Å². The summed E-state index contributed by atoms with van der Waals surface area (Å²) in [5.74, 6) is 0.293. The molecule has 106 valence electrons. The zero-order valence-electron chi connectivity index (χ0n) is 12.1. The summed E-state index contributed by atoms with van der Waals surface area (Å²) in [5.41, 5.74) is 5.67. The molecule has 5 heteroatoms. The molecule has 1 aliphatic rings. The Labute approximate surface area is 110 Å². The van der Waals surface area contributed by atoms with E-state index in [2.05, 4.69) is 0 Å². The van der Waals surface area contributed by atoms with Crippen LogP contribution in [0.1, 0.15) is 34.6 Å². The molecule has 2 atom stereocenters. The van der Waals surface area contributed by atoms with Crippen molar-refractivity contribution in [1.29, 1.82) is 0 Å². The van der Waals surface area contributed by atoms with Crippen molar-refractivity contribution in [3.8, 4) is 0 Å². The molecular formula is C13H26N2O3. The highest BCUT2D eigenvalue weighted by molar-refractivity contribution is 5.68. The fourth-order valence-electron chi connectivity index (χ4n) is 1.93. The third-order valence-electron chi connectivity index (χ3n) is 3.01. The van der Waals surface area contributed by atoms with E-state index in [1.54, 1.807) is 4.90 Å². The molecule has 0 aliphatic carbocycles. The highest BCUT2D eigenvalue weighted by Crippen LogP contribution is 2.18. The third-order valence-corrected chi connectivity index (χ3v) is 3.01. The zero-order chi connectivity index (χ0) is 13.9. The van der Waals surface area contributed by atoms with Gasteiger partial charge in [0.15, 0.2) is 0 Å². The lowest BCUT2D eigenvalue weighted by Gasteiger charge is -2.40. The van der Waals surface area contributed by atoms with Crippen LogP contribution in [-0.2, 0) is 9.47 Å². The number of ether oxygens (including phenoxy) is 2. The Bertz CT molecular complexity index is 286. The molecule has 0 saturated carbocycles. The monoisotopic (exact) mass is 258 g/mol. The Morgan fingerprint density at radius 1 is 1.44 bits per heavy atom. The predicted molar refractivity (Wildman–Crippen MR) is 70.4 cm³/mol. The number of morpholine rings is 1. The lowest BCUT2D eigenvalue weighted by atomic mass is 9.96. The van der Waals surface area contributed by atoms with Crippen LogP contribution in [0.3, 0.4) is 0 Å². The minimum atomic E-state index is -0.484. The molecule has 2 unspecified atom stereocenters. The van der Waals surface area contributed by atoms with E-state index in [4.69, 9.17) is 15.2 Å². The van der Waals surface area contributed by atoms with Gasteiger partial charge in [0.1, 0.15) is 5.60 Å². The molecule has 1 saturated heterocycles. The third kappa shape index (κ3) is 4.14. The lowest BCUT2D eigenvalue weighted by Crippen LogP contribution is -2.59. The molecule has 1 fully saturated rings. The van der Waals surface area contributed by atoms with Gasteiger partial charge in [-0.3, -0.25) is 4.90 Å². The first-order valence-electron chi connectivity index (χ1n) is 6.55. The van der Waals surface area contributed by atoms with Crippen LogP contribution in [0, 0.1) is 5.92 Å². The number of nitrogens with two attached hydrogens (primary N) is 1. The van der Waals surface area contributed by atoms with Crippen LogP contribution >= 0.6 is 0 Å². The van der Waals surface area contributed by atoms with Gasteiger partial charge in [-0.1, -0.05) is 13.8 Å². The van der Waals surface area contributed by atoms with E-state index in [9.17, 15) is 4.79 Å². The molecule has 5 nitrogen and oxygen atoms in total. The van der Waals surface area contributed by atoms with E-state index >= 15 is 0 Å². The van der Waals surface area contributed by atoms with Crippen molar-refractivity contribution < 1.29 is 14.3 Å². The van der Waals surface area contributed by atoms with Crippen LogP contribution in [0.4, 0.5) is 4.79 Å². The molecular weight excluding hydrogens is 232 g/mol. The van der Waals surface area contributed by atoms with Gasteiger partial charge < -0.3 is 15.2 Å². The first kappa shape index (κ1) is 15.2. The second kappa shape index (κ2) is 5.89. The van der Waals surface area contributed by atoms with Gasteiger partial charge in [-0.25, -0.2) is 4.79 Å². The van der Waals surface area contributed by atoms with E-state index in [0.717, 1.165) is 0 Å². The summed E-state index contributed by atoms with van der Waals surface area (Å²) >= 11 is 0. The first-order chi connectivity index (χ1) is 8.22. The zero-order valence-corrected chi connectivity index (χ0v) is 12.1. The lowest BCUT2D eigenvalue weighted by molar-refractivity contribution is -0.0412. The molecule has 0 radical (unpaired) electrons. The van der Waals surface area contributed by atoms with Gasteiger partial charge in [0.25, 0.3) is 0 Å². The molecule has 2 N–H and O–H groups in total. The number of carbonyl (C=O) groups excluding carboxylic acids is 1. The van der Waals surface area contributed by atoms with Gasteiger partial charge >= 0.3 is 6.09 Å². The van der Waals surface area contributed by atoms with Crippen molar-refractivity contribution in [2.45, 2.75) is 52.3 Å². The van der Waals surface area contributed by atoms with E-state index in [1.165, 1.54) is 0 Å². The topological polar surface area (TPSA) is 64.8 Å². The van der Waals surface area contributed by atoms with Crippen molar-refractivity contribution >= 4 is 6.09 Å². The average Bonchev–Trinajstić information content (AvgIpc) is 2.25. The van der Waals surface area contributed by atoms with Crippen LogP contribution in [0.5, 0.6) is 0 Å². The van der Waals surface area contributed by atoms with E-state index in [-0.39, 0.29) is 18.2 Å².